The number of fused-ring (bicyclic) bond motifs is 3. The first-order chi connectivity index (χ1) is 5.65. The van der Waals surface area contributed by atoms with Gasteiger partial charge in [0, 0.05) is 18.9 Å². The van der Waals surface area contributed by atoms with E-state index in [-0.39, 0.29) is 17.9 Å². The molecule has 68 valence electrons. The van der Waals surface area contributed by atoms with Gasteiger partial charge in [0.2, 0.25) is 0 Å². The third-order valence-corrected chi connectivity index (χ3v) is 3.87. The van der Waals surface area contributed by atoms with Gasteiger partial charge in [-0.25, -0.2) is 0 Å². The van der Waals surface area contributed by atoms with Gasteiger partial charge in [-0.15, -0.1) is 0 Å². The Hall–Kier alpha value is -0.370. The van der Waals surface area contributed by atoms with E-state index in [1.165, 1.54) is 0 Å². The van der Waals surface area contributed by atoms with E-state index in [4.69, 9.17) is 5.11 Å². The van der Waals surface area contributed by atoms with Gasteiger partial charge < -0.3 is 5.11 Å². The quantitative estimate of drug-likeness (QED) is 0.642. The Morgan fingerprint density at radius 3 is 2.92 bits per heavy atom. The number of rotatable bonds is 1. The fourth-order valence-electron chi connectivity index (χ4n) is 2.82. The fourth-order valence-corrected chi connectivity index (χ4v) is 2.82. The second-order valence-corrected chi connectivity index (χ2v) is 4.65. The predicted octanol–water partition coefficient (Wildman–Crippen LogP) is 1.37. The number of hydrogen-bond donors (Lipinski definition) is 1. The summed E-state index contributed by atoms with van der Waals surface area (Å²) in [7, 11) is 0. The minimum Gasteiger partial charge on any atom is -0.396 e. The molecule has 0 radical (unpaired) electrons. The molecule has 3 aliphatic carbocycles. The molecule has 0 aromatic carbocycles. The van der Waals surface area contributed by atoms with Crippen LogP contribution in [0.25, 0.3) is 0 Å². The highest BCUT2D eigenvalue weighted by molar-refractivity contribution is 5.83. The van der Waals surface area contributed by atoms with Crippen molar-refractivity contribution in [1.29, 1.82) is 0 Å². The number of carbonyl (C=O) groups is 1. The third-order valence-electron chi connectivity index (χ3n) is 3.87. The summed E-state index contributed by atoms with van der Waals surface area (Å²) >= 11 is 0. The van der Waals surface area contributed by atoms with Crippen LogP contribution >= 0.6 is 0 Å². The average Bonchev–Trinajstić information content (AvgIpc) is 2.03. The molecule has 0 aromatic heterocycles. The zero-order valence-electron chi connectivity index (χ0n) is 7.55. The molecular formula is C10H16O2. The second kappa shape index (κ2) is 2.56. The van der Waals surface area contributed by atoms with Crippen molar-refractivity contribution < 1.29 is 9.90 Å². The largest absolute Gasteiger partial charge is 0.396 e. The lowest BCUT2D eigenvalue weighted by Gasteiger charge is -2.48. The van der Waals surface area contributed by atoms with E-state index in [1.54, 1.807) is 0 Å². The summed E-state index contributed by atoms with van der Waals surface area (Å²) in [4.78, 5) is 11.4. The zero-order valence-corrected chi connectivity index (χ0v) is 7.55. The standard InChI is InChI=1S/C10H16O2/c1-10-3-2-7(9(12)5-10)4-8(10)6-11/h7-8,11H,2-6H2,1H3/t7-,8+,10-/m1/s1. The van der Waals surface area contributed by atoms with E-state index < -0.39 is 0 Å². The van der Waals surface area contributed by atoms with Crippen molar-refractivity contribution in [2.24, 2.45) is 17.3 Å². The first-order valence-corrected chi connectivity index (χ1v) is 4.79. The number of aliphatic hydroxyl groups is 1. The minimum atomic E-state index is 0.126. The Morgan fingerprint density at radius 1 is 1.67 bits per heavy atom. The highest BCUT2D eigenvalue weighted by atomic mass is 16.3. The Morgan fingerprint density at radius 2 is 2.42 bits per heavy atom. The number of aliphatic hydroxyl groups excluding tert-OH is 1. The number of hydrogen-bond acceptors (Lipinski definition) is 2. The molecule has 2 nitrogen and oxygen atoms in total. The van der Waals surface area contributed by atoms with Gasteiger partial charge in [-0.3, -0.25) is 4.79 Å². The summed E-state index contributed by atoms with van der Waals surface area (Å²) in [5, 5.41) is 9.15. The van der Waals surface area contributed by atoms with Gasteiger partial charge in [-0.2, -0.15) is 0 Å². The van der Waals surface area contributed by atoms with Gasteiger partial charge in [0.15, 0.2) is 0 Å². The van der Waals surface area contributed by atoms with Crippen LogP contribution in [0.15, 0.2) is 0 Å². The lowest BCUT2D eigenvalue weighted by Crippen LogP contribution is -2.46. The molecule has 3 rings (SSSR count). The van der Waals surface area contributed by atoms with Gasteiger partial charge in [0.1, 0.15) is 5.78 Å². The van der Waals surface area contributed by atoms with Crippen molar-refractivity contribution in [3.05, 3.63) is 0 Å². The first kappa shape index (κ1) is 8.24. The van der Waals surface area contributed by atoms with Gasteiger partial charge in [-0.05, 0) is 30.6 Å². The van der Waals surface area contributed by atoms with E-state index in [9.17, 15) is 4.79 Å². The van der Waals surface area contributed by atoms with Crippen molar-refractivity contribution >= 4 is 5.78 Å². The van der Waals surface area contributed by atoms with Crippen molar-refractivity contribution in [3.63, 3.8) is 0 Å². The first-order valence-electron chi connectivity index (χ1n) is 4.79. The smallest absolute Gasteiger partial charge is 0.136 e. The van der Waals surface area contributed by atoms with Crippen molar-refractivity contribution in [2.45, 2.75) is 32.6 Å². The number of ketones is 1. The summed E-state index contributed by atoms with van der Waals surface area (Å²) in [6, 6.07) is 0. The molecule has 0 aromatic rings. The maximum absolute atomic E-state index is 11.4. The van der Waals surface area contributed by atoms with Crippen LogP contribution in [-0.2, 0) is 4.79 Å². The maximum atomic E-state index is 11.4. The molecule has 0 heterocycles. The fraction of sp³-hybridized carbons (Fsp3) is 0.900. The van der Waals surface area contributed by atoms with Gasteiger partial charge in [-0.1, -0.05) is 6.92 Å². The lowest BCUT2D eigenvalue weighted by atomic mass is 9.56. The Bertz CT molecular complexity index is 212. The summed E-state index contributed by atoms with van der Waals surface area (Å²) in [5.74, 6) is 1.10. The molecule has 0 spiro atoms. The Kier molecular flexibility index (Phi) is 1.76. The third kappa shape index (κ3) is 1.01. The maximum Gasteiger partial charge on any atom is 0.136 e. The van der Waals surface area contributed by atoms with Crippen LogP contribution < -0.4 is 0 Å². The Balaban J connectivity index is 2.22. The van der Waals surface area contributed by atoms with Crippen molar-refractivity contribution in [2.75, 3.05) is 6.61 Å². The molecule has 0 unspecified atom stereocenters. The molecule has 0 aliphatic heterocycles. The van der Waals surface area contributed by atoms with E-state index in [0.29, 0.717) is 18.1 Å². The average molecular weight is 168 g/mol. The van der Waals surface area contributed by atoms with Gasteiger partial charge in [0.05, 0.1) is 0 Å². The van der Waals surface area contributed by atoms with E-state index in [0.717, 1.165) is 19.3 Å². The minimum absolute atomic E-state index is 0.126. The summed E-state index contributed by atoms with van der Waals surface area (Å²) < 4.78 is 0. The molecule has 12 heavy (non-hydrogen) atoms. The number of carbonyl (C=O) groups excluding carboxylic acids is 1. The molecular weight excluding hydrogens is 152 g/mol. The van der Waals surface area contributed by atoms with E-state index in [1.807, 2.05) is 0 Å². The van der Waals surface area contributed by atoms with Crippen LogP contribution in [-0.4, -0.2) is 17.5 Å². The van der Waals surface area contributed by atoms with Crippen molar-refractivity contribution in [1.82, 2.24) is 0 Å². The zero-order chi connectivity index (χ0) is 8.77. The lowest BCUT2D eigenvalue weighted by molar-refractivity contribution is -0.138. The summed E-state index contributed by atoms with van der Waals surface area (Å²) in [6.45, 7) is 2.42. The van der Waals surface area contributed by atoms with Crippen LogP contribution in [0.2, 0.25) is 0 Å². The molecule has 2 bridgehead atoms. The predicted molar refractivity (Wildman–Crippen MR) is 45.6 cm³/mol. The van der Waals surface area contributed by atoms with Crippen LogP contribution in [0.3, 0.4) is 0 Å². The summed E-state index contributed by atoms with van der Waals surface area (Å²) in [6.07, 6.45) is 3.84. The monoisotopic (exact) mass is 168 g/mol. The molecule has 1 N–H and O–H groups in total. The Labute approximate surface area is 73.0 Å². The van der Waals surface area contributed by atoms with Crippen LogP contribution in [0.1, 0.15) is 32.6 Å². The van der Waals surface area contributed by atoms with Gasteiger partial charge in [0.25, 0.3) is 0 Å². The molecule has 3 atom stereocenters. The topological polar surface area (TPSA) is 37.3 Å². The molecule has 0 saturated heterocycles. The van der Waals surface area contributed by atoms with Gasteiger partial charge >= 0.3 is 0 Å². The molecule has 3 saturated carbocycles. The van der Waals surface area contributed by atoms with Crippen LogP contribution in [0.4, 0.5) is 0 Å². The molecule has 3 fully saturated rings. The normalized spacial score (nSPS) is 46.7. The van der Waals surface area contributed by atoms with E-state index in [2.05, 4.69) is 6.92 Å². The molecule has 2 heteroatoms. The molecule has 3 aliphatic rings. The highest BCUT2D eigenvalue weighted by Crippen LogP contribution is 2.51. The highest BCUT2D eigenvalue weighted by Gasteiger charge is 2.48. The second-order valence-electron chi connectivity index (χ2n) is 4.65. The SMILES string of the molecule is C[C@]12CC[C@H](C[C@H]1CO)C(=O)C2. The molecule has 0 amide bonds. The number of Topliss-reactive ketones (excluding diaryl/α,β-unsaturated/α-hetero) is 1. The van der Waals surface area contributed by atoms with Crippen LogP contribution in [0.5, 0.6) is 0 Å². The van der Waals surface area contributed by atoms with E-state index >= 15 is 0 Å². The summed E-state index contributed by atoms with van der Waals surface area (Å²) in [5.41, 5.74) is 0.126. The van der Waals surface area contributed by atoms with Crippen molar-refractivity contribution in [3.8, 4) is 0 Å². The van der Waals surface area contributed by atoms with Crippen LogP contribution in [0, 0.1) is 17.3 Å².